The normalized spacial score (nSPS) is 14.6. The van der Waals surface area contributed by atoms with Gasteiger partial charge in [0, 0.05) is 48.6 Å². The SMILES string of the molecule is Cc1ccc(Sc2ccc(NC(=O)C3CCN(C(=O)N(C)C)CC3)cc2)cc1C. The average Bonchev–Trinajstić information content (AvgIpc) is 2.71. The molecule has 2 aromatic carbocycles. The maximum absolute atomic E-state index is 12.6. The first kappa shape index (κ1) is 21.2. The van der Waals surface area contributed by atoms with Gasteiger partial charge in [0.2, 0.25) is 5.91 Å². The van der Waals surface area contributed by atoms with Crippen LogP contribution in [-0.2, 0) is 4.79 Å². The fourth-order valence-corrected chi connectivity index (χ4v) is 4.30. The first-order valence-corrected chi connectivity index (χ1v) is 10.8. The van der Waals surface area contributed by atoms with Crippen LogP contribution in [0.25, 0.3) is 0 Å². The van der Waals surface area contributed by atoms with Crippen molar-refractivity contribution in [2.24, 2.45) is 5.92 Å². The summed E-state index contributed by atoms with van der Waals surface area (Å²) in [4.78, 5) is 30.3. The molecule has 0 bridgehead atoms. The largest absolute Gasteiger partial charge is 0.331 e. The van der Waals surface area contributed by atoms with E-state index in [9.17, 15) is 9.59 Å². The van der Waals surface area contributed by atoms with Crippen LogP contribution in [0.3, 0.4) is 0 Å². The summed E-state index contributed by atoms with van der Waals surface area (Å²) in [7, 11) is 3.51. The topological polar surface area (TPSA) is 52.7 Å². The van der Waals surface area contributed by atoms with Crippen LogP contribution in [0.15, 0.2) is 52.3 Å². The number of benzene rings is 2. The molecule has 5 nitrogen and oxygen atoms in total. The minimum absolute atomic E-state index is 0.0146. The van der Waals surface area contributed by atoms with Crippen molar-refractivity contribution in [3.05, 3.63) is 53.6 Å². The monoisotopic (exact) mass is 411 g/mol. The Hall–Kier alpha value is -2.47. The molecule has 3 amide bonds. The number of piperidine rings is 1. The Morgan fingerprint density at radius 2 is 1.59 bits per heavy atom. The molecule has 0 radical (unpaired) electrons. The maximum Gasteiger partial charge on any atom is 0.319 e. The fraction of sp³-hybridized carbons (Fsp3) is 0.391. The Balaban J connectivity index is 1.52. The van der Waals surface area contributed by atoms with Crippen LogP contribution in [-0.4, -0.2) is 48.9 Å². The number of carbonyl (C=O) groups excluding carboxylic acids is 2. The number of rotatable bonds is 4. The third-order valence-corrected chi connectivity index (χ3v) is 6.35. The van der Waals surface area contributed by atoms with Gasteiger partial charge in [-0.3, -0.25) is 4.79 Å². The van der Waals surface area contributed by atoms with E-state index in [1.165, 1.54) is 16.0 Å². The molecule has 0 aliphatic carbocycles. The highest BCUT2D eigenvalue weighted by molar-refractivity contribution is 7.99. The van der Waals surface area contributed by atoms with E-state index in [2.05, 4.69) is 37.4 Å². The molecule has 29 heavy (non-hydrogen) atoms. The molecular formula is C23H29N3O2S. The van der Waals surface area contributed by atoms with Gasteiger partial charge in [0.25, 0.3) is 0 Å². The quantitative estimate of drug-likeness (QED) is 0.787. The van der Waals surface area contributed by atoms with Gasteiger partial charge >= 0.3 is 6.03 Å². The lowest BCUT2D eigenvalue weighted by molar-refractivity contribution is -0.121. The molecule has 1 N–H and O–H groups in total. The van der Waals surface area contributed by atoms with Gasteiger partial charge in [-0.05, 0) is 74.2 Å². The third kappa shape index (κ3) is 5.54. The van der Waals surface area contributed by atoms with E-state index in [-0.39, 0.29) is 17.9 Å². The zero-order valence-corrected chi connectivity index (χ0v) is 18.4. The van der Waals surface area contributed by atoms with Gasteiger partial charge in [-0.15, -0.1) is 0 Å². The minimum Gasteiger partial charge on any atom is -0.331 e. The molecule has 1 aliphatic heterocycles. The van der Waals surface area contributed by atoms with Gasteiger partial charge < -0.3 is 15.1 Å². The minimum atomic E-state index is -0.0502. The van der Waals surface area contributed by atoms with Crippen molar-refractivity contribution in [1.29, 1.82) is 0 Å². The van der Waals surface area contributed by atoms with E-state index in [1.54, 1.807) is 30.8 Å². The van der Waals surface area contributed by atoms with Crippen LogP contribution in [0.1, 0.15) is 24.0 Å². The van der Waals surface area contributed by atoms with Gasteiger partial charge in [-0.2, -0.15) is 0 Å². The fourth-order valence-electron chi connectivity index (χ4n) is 3.38. The van der Waals surface area contributed by atoms with Crippen LogP contribution < -0.4 is 5.32 Å². The zero-order valence-electron chi connectivity index (χ0n) is 17.6. The Labute approximate surface area is 177 Å². The van der Waals surface area contributed by atoms with Gasteiger partial charge in [-0.25, -0.2) is 4.79 Å². The van der Waals surface area contributed by atoms with Crippen molar-refractivity contribution >= 4 is 29.4 Å². The predicted molar refractivity (Wildman–Crippen MR) is 118 cm³/mol. The number of nitrogens with zero attached hydrogens (tertiary/aromatic N) is 2. The first-order valence-electron chi connectivity index (χ1n) is 9.96. The van der Waals surface area contributed by atoms with E-state index in [0.29, 0.717) is 25.9 Å². The van der Waals surface area contributed by atoms with E-state index in [4.69, 9.17) is 0 Å². The van der Waals surface area contributed by atoms with Crippen LogP contribution in [0, 0.1) is 19.8 Å². The van der Waals surface area contributed by atoms with Crippen LogP contribution in [0.5, 0.6) is 0 Å². The van der Waals surface area contributed by atoms with Crippen molar-refractivity contribution in [2.45, 2.75) is 36.5 Å². The molecule has 0 unspecified atom stereocenters. The number of likely N-dealkylation sites (tertiary alicyclic amines) is 1. The van der Waals surface area contributed by atoms with Crippen molar-refractivity contribution < 1.29 is 9.59 Å². The van der Waals surface area contributed by atoms with Crippen molar-refractivity contribution in [3.63, 3.8) is 0 Å². The molecular weight excluding hydrogens is 382 g/mol. The summed E-state index contributed by atoms with van der Waals surface area (Å²) >= 11 is 1.72. The summed E-state index contributed by atoms with van der Waals surface area (Å²) in [5.41, 5.74) is 3.40. The van der Waals surface area contributed by atoms with Crippen LogP contribution >= 0.6 is 11.8 Å². The summed E-state index contributed by atoms with van der Waals surface area (Å²) < 4.78 is 0. The lowest BCUT2D eigenvalue weighted by atomic mass is 9.96. The van der Waals surface area contributed by atoms with E-state index < -0.39 is 0 Å². The predicted octanol–water partition coefficient (Wildman–Crippen LogP) is 4.79. The molecule has 1 saturated heterocycles. The van der Waals surface area contributed by atoms with Crippen LogP contribution in [0.4, 0.5) is 10.5 Å². The number of carbonyl (C=O) groups is 2. The Bertz CT molecular complexity index is 872. The van der Waals surface area contributed by atoms with Gasteiger partial charge in [0.1, 0.15) is 0 Å². The standard InChI is InChI=1S/C23H29N3O2S/c1-16-5-8-21(15-17(16)2)29-20-9-6-19(7-10-20)24-22(27)18-11-13-26(14-12-18)23(28)25(3)4/h5-10,15,18H,11-14H2,1-4H3,(H,24,27). The molecule has 6 heteroatoms. The molecule has 0 atom stereocenters. The first-order chi connectivity index (χ1) is 13.8. The lowest BCUT2D eigenvalue weighted by Crippen LogP contribution is -2.45. The highest BCUT2D eigenvalue weighted by Crippen LogP contribution is 2.30. The Kier molecular flexibility index (Phi) is 6.85. The zero-order chi connectivity index (χ0) is 21.0. The summed E-state index contributed by atoms with van der Waals surface area (Å²) in [6.45, 7) is 5.49. The second kappa shape index (κ2) is 9.35. The molecule has 154 valence electrons. The van der Waals surface area contributed by atoms with Crippen molar-refractivity contribution in [3.8, 4) is 0 Å². The number of hydrogen-bond acceptors (Lipinski definition) is 3. The molecule has 2 aromatic rings. The number of hydrogen-bond donors (Lipinski definition) is 1. The van der Waals surface area contributed by atoms with Crippen LogP contribution in [0.2, 0.25) is 0 Å². The van der Waals surface area contributed by atoms with Gasteiger partial charge in [0.05, 0.1) is 0 Å². The second-order valence-electron chi connectivity index (χ2n) is 7.80. The van der Waals surface area contributed by atoms with Gasteiger partial charge in [0.15, 0.2) is 0 Å². The maximum atomic E-state index is 12.6. The van der Waals surface area contributed by atoms with Gasteiger partial charge in [-0.1, -0.05) is 17.8 Å². The number of amides is 3. The Morgan fingerprint density at radius 3 is 2.17 bits per heavy atom. The molecule has 3 rings (SSSR count). The summed E-state index contributed by atoms with van der Waals surface area (Å²) in [6.07, 6.45) is 1.40. The average molecular weight is 412 g/mol. The molecule has 1 heterocycles. The molecule has 1 aliphatic rings. The van der Waals surface area contributed by atoms with E-state index >= 15 is 0 Å². The smallest absolute Gasteiger partial charge is 0.319 e. The summed E-state index contributed by atoms with van der Waals surface area (Å²) in [6, 6.07) is 14.5. The number of aryl methyl sites for hydroxylation is 2. The van der Waals surface area contributed by atoms with Crippen molar-refractivity contribution in [2.75, 3.05) is 32.5 Å². The second-order valence-corrected chi connectivity index (χ2v) is 8.95. The highest BCUT2D eigenvalue weighted by atomic mass is 32.2. The lowest BCUT2D eigenvalue weighted by Gasteiger charge is -2.33. The number of anilines is 1. The molecule has 0 spiro atoms. The highest BCUT2D eigenvalue weighted by Gasteiger charge is 2.27. The number of nitrogens with one attached hydrogen (secondary N) is 1. The summed E-state index contributed by atoms with van der Waals surface area (Å²) in [5.74, 6) is -0.0117. The van der Waals surface area contributed by atoms with Crippen molar-refractivity contribution in [1.82, 2.24) is 9.80 Å². The third-order valence-electron chi connectivity index (χ3n) is 5.35. The van der Waals surface area contributed by atoms with E-state index in [0.717, 1.165) is 10.6 Å². The molecule has 0 saturated carbocycles. The molecule has 0 aromatic heterocycles. The number of urea groups is 1. The Morgan fingerprint density at radius 1 is 0.966 bits per heavy atom. The van der Waals surface area contributed by atoms with E-state index in [1.807, 2.05) is 29.2 Å². The summed E-state index contributed by atoms with van der Waals surface area (Å²) in [5, 5.41) is 3.02. The molecule has 1 fully saturated rings.